The molecule has 1 saturated heterocycles. The molecule has 1 aliphatic heterocycles. The lowest BCUT2D eigenvalue weighted by Gasteiger charge is -2.32. The molecule has 0 amide bonds. The van der Waals surface area contributed by atoms with Gasteiger partial charge in [-0.3, -0.25) is 4.90 Å². The van der Waals surface area contributed by atoms with Gasteiger partial charge in [0.15, 0.2) is 0 Å². The number of hydrogen-bond acceptors (Lipinski definition) is 2. The number of halogens is 2. The van der Waals surface area contributed by atoms with Crippen LogP contribution >= 0.6 is 11.6 Å². The Morgan fingerprint density at radius 2 is 2.28 bits per heavy atom. The van der Waals surface area contributed by atoms with Crippen LogP contribution in [0.1, 0.15) is 24.8 Å². The van der Waals surface area contributed by atoms with Crippen molar-refractivity contribution in [1.82, 2.24) is 4.90 Å². The summed E-state index contributed by atoms with van der Waals surface area (Å²) in [5.41, 5.74) is 6.22. The summed E-state index contributed by atoms with van der Waals surface area (Å²) in [7, 11) is 0. The van der Waals surface area contributed by atoms with Crippen LogP contribution in [-0.4, -0.2) is 24.5 Å². The molecule has 100 valence electrons. The van der Waals surface area contributed by atoms with Gasteiger partial charge in [-0.2, -0.15) is 0 Å². The van der Waals surface area contributed by atoms with Crippen LogP contribution in [0.25, 0.3) is 0 Å². The Kier molecular flexibility index (Phi) is 4.98. The first kappa shape index (κ1) is 13.8. The van der Waals surface area contributed by atoms with Gasteiger partial charge in [0.1, 0.15) is 5.82 Å². The highest BCUT2D eigenvalue weighted by Crippen LogP contribution is 2.25. The predicted molar refractivity (Wildman–Crippen MR) is 73.1 cm³/mol. The third kappa shape index (κ3) is 3.44. The van der Waals surface area contributed by atoms with Gasteiger partial charge in [-0.05, 0) is 50.4 Å². The Hall–Kier alpha value is -0.640. The van der Waals surface area contributed by atoms with Crippen molar-refractivity contribution < 1.29 is 4.39 Å². The van der Waals surface area contributed by atoms with Gasteiger partial charge >= 0.3 is 0 Å². The Morgan fingerprint density at radius 3 is 3.00 bits per heavy atom. The number of nitrogens with two attached hydrogens (primary N) is 1. The quantitative estimate of drug-likeness (QED) is 0.911. The summed E-state index contributed by atoms with van der Waals surface area (Å²) >= 11 is 6.06. The van der Waals surface area contributed by atoms with Crippen molar-refractivity contribution in [1.29, 1.82) is 0 Å². The van der Waals surface area contributed by atoms with E-state index in [4.69, 9.17) is 17.3 Å². The Labute approximate surface area is 113 Å². The number of piperidine rings is 1. The van der Waals surface area contributed by atoms with Crippen molar-refractivity contribution in [3.63, 3.8) is 0 Å². The lowest BCUT2D eigenvalue weighted by Crippen LogP contribution is -2.36. The van der Waals surface area contributed by atoms with Crippen LogP contribution in [-0.2, 0) is 6.54 Å². The van der Waals surface area contributed by atoms with Crippen LogP contribution in [0.2, 0.25) is 5.02 Å². The second-order valence-electron chi connectivity index (χ2n) is 5.02. The number of likely N-dealkylation sites (tertiary alicyclic amines) is 1. The number of rotatable bonds is 4. The maximum atomic E-state index is 13.7. The smallest absolute Gasteiger partial charge is 0.129 e. The molecule has 0 radical (unpaired) electrons. The number of nitrogens with zero attached hydrogens (tertiary/aromatic N) is 1. The summed E-state index contributed by atoms with van der Waals surface area (Å²) in [4.78, 5) is 2.29. The van der Waals surface area contributed by atoms with Crippen molar-refractivity contribution in [2.45, 2.75) is 25.8 Å². The molecule has 0 bridgehead atoms. The van der Waals surface area contributed by atoms with Crippen LogP contribution in [0.5, 0.6) is 0 Å². The first-order valence-corrected chi connectivity index (χ1v) is 6.94. The van der Waals surface area contributed by atoms with Crippen LogP contribution in [0.15, 0.2) is 18.2 Å². The van der Waals surface area contributed by atoms with Crippen LogP contribution < -0.4 is 5.73 Å². The Morgan fingerprint density at radius 1 is 1.44 bits per heavy atom. The zero-order valence-electron chi connectivity index (χ0n) is 10.5. The van der Waals surface area contributed by atoms with Gasteiger partial charge in [0, 0.05) is 23.7 Å². The predicted octanol–water partition coefficient (Wildman–Crippen LogP) is 3.04. The van der Waals surface area contributed by atoms with Gasteiger partial charge in [0.25, 0.3) is 0 Å². The molecule has 18 heavy (non-hydrogen) atoms. The summed E-state index contributed by atoms with van der Waals surface area (Å²) in [6.07, 6.45) is 3.46. The van der Waals surface area contributed by atoms with Crippen LogP contribution in [0.4, 0.5) is 4.39 Å². The third-order valence-electron chi connectivity index (χ3n) is 3.62. The molecule has 1 heterocycles. The van der Waals surface area contributed by atoms with E-state index in [-0.39, 0.29) is 5.82 Å². The standard InChI is InChI=1S/C14H20ClFN2/c15-13-4-1-5-14(16)12(13)10-18-8-2-3-11(9-18)6-7-17/h1,4-5,11H,2-3,6-10,17H2. The molecular weight excluding hydrogens is 251 g/mol. The van der Waals surface area contributed by atoms with Gasteiger partial charge in [-0.1, -0.05) is 17.7 Å². The topological polar surface area (TPSA) is 29.3 Å². The molecule has 1 unspecified atom stereocenters. The van der Waals surface area contributed by atoms with Crippen LogP contribution in [0, 0.1) is 11.7 Å². The zero-order chi connectivity index (χ0) is 13.0. The maximum Gasteiger partial charge on any atom is 0.129 e. The molecule has 0 saturated carbocycles. The van der Waals surface area contributed by atoms with E-state index in [0.29, 0.717) is 23.0 Å². The fourth-order valence-electron chi connectivity index (χ4n) is 2.67. The van der Waals surface area contributed by atoms with E-state index in [1.807, 2.05) is 0 Å². The molecule has 4 heteroatoms. The minimum absolute atomic E-state index is 0.205. The monoisotopic (exact) mass is 270 g/mol. The van der Waals surface area contributed by atoms with Crippen molar-refractivity contribution in [3.8, 4) is 0 Å². The van der Waals surface area contributed by atoms with E-state index >= 15 is 0 Å². The van der Waals surface area contributed by atoms with Crippen molar-refractivity contribution in [3.05, 3.63) is 34.6 Å². The van der Waals surface area contributed by atoms with E-state index in [9.17, 15) is 4.39 Å². The summed E-state index contributed by atoms with van der Waals surface area (Å²) < 4.78 is 13.7. The van der Waals surface area contributed by atoms with E-state index < -0.39 is 0 Å². The van der Waals surface area contributed by atoms with Gasteiger partial charge < -0.3 is 5.73 Å². The molecule has 0 aliphatic carbocycles. The molecule has 2 rings (SSSR count). The van der Waals surface area contributed by atoms with Gasteiger partial charge in [0.2, 0.25) is 0 Å². The van der Waals surface area contributed by atoms with Crippen molar-refractivity contribution in [2.75, 3.05) is 19.6 Å². The molecule has 2 N–H and O–H groups in total. The zero-order valence-corrected chi connectivity index (χ0v) is 11.3. The largest absolute Gasteiger partial charge is 0.330 e. The summed E-state index contributed by atoms with van der Waals surface area (Å²) in [5.74, 6) is 0.442. The second-order valence-corrected chi connectivity index (χ2v) is 5.43. The molecule has 1 fully saturated rings. The highest BCUT2D eigenvalue weighted by atomic mass is 35.5. The van der Waals surface area contributed by atoms with Crippen molar-refractivity contribution in [2.24, 2.45) is 11.7 Å². The van der Waals surface area contributed by atoms with Gasteiger partial charge in [-0.25, -0.2) is 4.39 Å². The molecule has 0 spiro atoms. The molecule has 0 aromatic heterocycles. The Bertz CT molecular complexity index is 375. The average Bonchev–Trinajstić information content (AvgIpc) is 2.35. The maximum absolute atomic E-state index is 13.7. The van der Waals surface area contributed by atoms with Crippen molar-refractivity contribution >= 4 is 11.6 Å². The molecule has 1 aromatic rings. The Balaban J connectivity index is 2.00. The summed E-state index contributed by atoms with van der Waals surface area (Å²) in [5, 5.41) is 0.524. The van der Waals surface area contributed by atoms with Gasteiger partial charge in [-0.15, -0.1) is 0 Å². The van der Waals surface area contributed by atoms with E-state index in [0.717, 1.165) is 32.5 Å². The number of hydrogen-bond donors (Lipinski definition) is 1. The molecular formula is C14H20ClFN2. The van der Waals surface area contributed by atoms with Crippen LogP contribution in [0.3, 0.4) is 0 Å². The van der Waals surface area contributed by atoms with E-state index in [1.54, 1.807) is 12.1 Å². The lowest BCUT2D eigenvalue weighted by molar-refractivity contribution is 0.161. The highest BCUT2D eigenvalue weighted by Gasteiger charge is 2.21. The molecule has 1 aromatic carbocycles. The minimum atomic E-state index is -0.205. The average molecular weight is 271 g/mol. The molecule has 2 nitrogen and oxygen atoms in total. The second kappa shape index (κ2) is 6.50. The summed E-state index contributed by atoms with van der Waals surface area (Å²) in [6.45, 7) is 3.36. The number of benzene rings is 1. The lowest BCUT2D eigenvalue weighted by atomic mass is 9.94. The SMILES string of the molecule is NCCC1CCCN(Cc2c(F)cccc2Cl)C1. The normalized spacial score (nSPS) is 21.2. The molecule has 1 aliphatic rings. The highest BCUT2D eigenvalue weighted by molar-refractivity contribution is 6.31. The first-order chi connectivity index (χ1) is 8.70. The van der Waals surface area contributed by atoms with E-state index in [1.165, 1.54) is 12.5 Å². The molecule has 1 atom stereocenters. The fourth-order valence-corrected chi connectivity index (χ4v) is 2.90. The minimum Gasteiger partial charge on any atom is -0.330 e. The summed E-state index contributed by atoms with van der Waals surface area (Å²) in [6, 6.07) is 4.87. The van der Waals surface area contributed by atoms with E-state index in [2.05, 4.69) is 4.90 Å². The first-order valence-electron chi connectivity index (χ1n) is 6.56. The van der Waals surface area contributed by atoms with Gasteiger partial charge in [0.05, 0.1) is 0 Å². The fraction of sp³-hybridized carbons (Fsp3) is 0.571. The third-order valence-corrected chi connectivity index (χ3v) is 3.98.